The van der Waals surface area contributed by atoms with Crippen LogP contribution in [0.4, 0.5) is 0 Å². The van der Waals surface area contributed by atoms with Gasteiger partial charge >= 0.3 is 0 Å². The Morgan fingerprint density at radius 3 is 2.73 bits per heavy atom. The van der Waals surface area contributed by atoms with Crippen molar-refractivity contribution < 1.29 is 4.79 Å². The predicted molar refractivity (Wildman–Crippen MR) is 61.7 cm³/mol. The van der Waals surface area contributed by atoms with Gasteiger partial charge in [0.05, 0.1) is 6.04 Å². The monoisotopic (exact) mass is 213 g/mol. The number of carbonyl (C=O) groups is 1. The van der Waals surface area contributed by atoms with Gasteiger partial charge in [0.2, 0.25) is 5.91 Å². The number of carbonyl (C=O) groups excluding carboxylic acids is 1. The maximum Gasteiger partial charge on any atom is 0.237 e. The van der Waals surface area contributed by atoms with Crippen molar-refractivity contribution in [2.75, 3.05) is 27.2 Å². The van der Waals surface area contributed by atoms with Gasteiger partial charge in [-0.15, -0.1) is 0 Å². The first kappa shape index (κ1) is 12.5. The second-order valence-electron chi connectivity index (χ2n) is 4.76. The highest BCUT2D eigenvalue weighted by Gasteiger charge is 2.29. The van der Waals surface area contributed by atoms with Crippen LogP contribution in [0.2, 0.25) is 0 Å². The second-order valence-corrected chi connectivity index (χ2v) is 4.76. The molecular weight excluding hydrogens is 190 g/mol. The second kappa shape index (κ2) is 5.47. The van der Waals surface area contributed by atoms with Crippen LogP contribution in [0, 0.1) is 5.92 Å². The fraction of sp³-hybridized carbons (Fsp3) is 0.909. The number of nitrogens with one attached hydrogen (secondary N) is 2. The maximum atomic E-state index is 11.8. The number of nitrogens with zero attached hydrogens (tertiary/aromatic N) is 1. The first-order valence-corrected chi connectivity index (χ1v) is 5.70. The van der Waals surface area contributed by atoms with E-state index in [1.807, 2.05) is 14.1 Å². The molecule has 0 aromatic carbocycles. The Hall–Kier alpha value is -0.610. The van der Waals surface area contributed by atoms with Gasteiger partial charge in [-0.25, -0.2) is 0 Å². The van der Waals surface area contributed by atoms with Crippen molar-refractivity contribution in [2.24, 2.45) is 5.92 Å². The molecule has 4 heteroatoms. The molecule has 88 valence electrons. The number of likely N-dealkylation sites (N-methyl/N-ethyl adjacent to an activating group) is 1. The average molecular weight is 213 g/mol. The van der Waals surface area contributed by atoms with Crippen LogP contribution in [-0.4, -0.2) is 50.1 Å². The van der Waals surface area contributed by atoms with Gasteiger partial charge in [0.15, 0.2) is 0 Å². The summed E-state index contributed by atoms with van der Waals surface area (Å²) >= 11 is 0. The standard InChI is InChI=1S/C11H23N3O/c1-8-5-6-12-10(8)11(15)13-7-9(2)14(3)4/h8-10,12H,5-7H2,1-4H3,(H,13,15). The Morgan fingerprint density at radius 2 is 2.27 bits per heavy atom. The van der Waals surface area contributed by atoms with Crippen molar-refractivity contribution in [3.8, 4) is 0 Å². The van der Waals surface area contributed by atoms with Gasteiger partial charge in [-0.3, -0.25) is 4.79 Å². The summed E-state index contributed by atoms with van der Waals surface area (Å²) in [5, 5.41) is 6.23. The van der Waals surface area contributed by atoms with Gasteiger partial charge < -0.3 is 15.5 Å². The summed E-state index contributed by atoms with van der Waals surface area (Å²) in [6, 6.07) is 0.394. The van der Waals surface area contributed by atoms with E-state index in [1.54, 1.807) is 0 Å². The summed E-state index contributed by atoms with van der Waals surface area (Å²) in [5.74, 6) is 0.605. The smallest absolute Gasteiger partial charge is 0.237 e. The van der Waals surface area contributed by atoms with Crippen molar-refractivity contribution >= 4 is 5.91 Å². The predicted octanol–water partition coefficient (Wildman–Crippen LogP) is 0.0507. The first-order valence-electron chi connectivity index (χ1n) is 5.70. The molecule has 1 aliphatic rings. The maximum absolute atomic E-state index is 11.8. The summed E-state index contributed by atoms with van der Waals surface area (Å²) < 4.78 is 0. The molecule has 0 bridgehead atoms. The molecule has 1 saturated heterocycles. The molecule has 2 N–H and O–H groups in total. The minimum absolute atomic E-state index is 0.0133. The highest BCUT2D eigenvalue weighted by atomic mass is 16.2. The summed E-state index contributed by atoms with van der Waals surface area (Å²) in [4.78, 5) is 13.9. The fourth-order valence-electron chi connectivity index (χ4n) is 1.73. The van der Waals surface area contributed by atoms with E-state index in [4.69, 9.17) is 0 Å². The minimum atomic E-state index is 0.0133. The van der Waals surface area contributed by atoms with Crippen molar-refractivity contribution in [3.05, 3.63) is 0 Å². The molecule has 0 spiro atoms. The van der Waals surface area contributed by atoms with Crippen molar-refractivity contribution in [3.63, 3.8) is 0 Å². The van der Waals surface area contributed by atoms with Crippen LogP contribution in [-0.2, 0) is 4.79 Å². The van der Waals surface area contributed by atoms with Crippen LogP contribution in [0.25, 0.3) is 0 Å². The summed E-state index contributed by atoms with van der Waals surface area (Å²) in [6.45, 7) is 5.91. The van der Waals surface area contributed by atoms with E-state index in [0.717, 1.165) is 19.5 Å². The van der Waals surface area contributed by atoms with Crippen LogP contribution in [0.5, 0.6) is 0 Å². The molecule has 0 aliphatic carbocycles. The van der Waals surface area contributed by atoms with Gasteiger partial charge in [0.25, 0.3) is 0 Å². The van der Waals surface area contributed by atoms with Gasteiger partial charge in [0, 0.05) is 12.6 Å². The number of hydrogen-bond acceptors (Lipinski definition) is 3. The van der Waals surface area contributed by atoms with Gasteiger partial charge in [0.1, 0.15) is 0 Å². The van der Waals surface area contributed by atoms with E-state index < -0.39 is 0 Å². The Bertz CT molecular complexity index is 218. The lowest BCUT2D eigenvalue weighted by Gasteiger charge is -2.22. The first-order chi connectivity index (χ1) is 7.02. The summed E-state index contributed by atoms with van der Waals surface area (Å²) in [6.07, 6.45) is 1.10. The van der Waals surface area contributed by atoms with Crippen molar-refractivity contribution in [1.82, 2.24) is 15.5 Å². The van der Waals surface area contributed by atoms with Crippen molar-refractivity contribution in [1.29, 1.82) is 0 Å². The molecule has 1 aliphatic heterocycles. The van der Waals surface area contributed by atoms with Gasteiger partial charge in [-0.2, -0.15) is 0 Å². The van der Waals surface area contributed by atoms with Crippen LogP contribution < -0.4 is 10.6 Å². The van der Waals surface area contributed by atoms with Crippen LogP contribution in [0.1, 0.15) is 20.3 Å². The zero-order valence-corrected chi connectivity index (χ0v) is 10.2. The molecule has 0 saturated carbocycles. The third-order valence-electron chi connectivity index (χ3n) is 3.27. The SMILES string of the molecule is CC1CCNC1C(=O)NCC(C)N(C)C. The lowest BCUT2D eigenvalue weighted by atomic mass is 10.0. The van der Waals surface area contributed by atoms with Crippen LogP contribution in [0.15, 0.2) is 0 Å². The van der Waals surface area contributed by atoms with E-state index in [9.17, 15) is 4.79 Å². The fourth-order valence-corrected chi connectivity index (χ4v) is 1.73. The molecule has 0 aromatic rings. The lowest BCUT2D eigenvalue weighted by molar-refractivity contribution is -0.123. The topological polar surface area (TPSA) is 44.4 Å². The lowest BCUT2D eigenvalue weighted by Crippen LogP contribution is -2.47. The van der Waals surface area contributed by atoms with Gasteiger partial charge in [-0.05, 0) is 39.9 Å². The van der Waals surface area contributed by atoms with E-state index in [1.165, 1.54) is 0 Å². The molecule has 15 heavy (non-hydrogen) atoms. The number of amides is 1. The van der Waals surface area contributed by atoms with Crippen LogP contribution in [0.3, 0.4) is 0 Å². The third-order valence-corrected chi connectivity index (χ3v) is 3.27. The molecule has 0 radical (unpaired) electrons. The summed E-state index contributed by atoms with van der Waals surface area (Å²) in [5.41, 5.74) is 0. The zero-order valence-electron chi connectivity index (χ0n) is 10.2. The van der Waals surface area contributed by atoms with E-state index in [0.29, 0.717) is 12.0 Å². The highest BCUT2D eigenvalue weighted by Crippen LogP contribution is 2.14. The summed E-state index contributed by atoms with van der Waals surface area (Å²) in [7, 11) is 4.04. The Kier molecular flexibility index (Phi) is 4.54. The Balaban J connectivity index is 2.29. The largest absolute Gasteiger partial charge is 0.353 e. The zero-order chi connectivity index (χ0) is 11.4. The van der Waals surface area contributed by atoms with Crippen LogP contribution >= 0.6 is 0 Å². The highest BCUT2D eigenvalue weighted by molar-refractivity contribution is 5.82. The van der Waals surface area contributed by atoms with E-state index in [2.05, 4.69) is 29.4 Å². The quantitative estimate of drug-likeness (QED) is 0.693. The Labute approximate surface area is 92.4 Å². The van der Waals surface area contributed by atoms with Gasteiger partial charge in [-0.1, -0.05) is 6.92 Å². The molecule has 0 aromatic heterocycles. The average Bonchev–Trinajstić information content (AvgIpc) is 2.60. The molecule has 1 rings (SSSR count). The Morgan fingerprint density at radius 1 is 1.60 bits per heavy atom. The molecule has 1 heterocycles. The van der Waals surface area contributed by atoms with E-state index >= 15 is 0 Å². The molecule has 4 nitrogen and oxygen atoms in total. The van der Waals surface area contributed by atoms with E-state index in [-0.39, 0.29) is 11.9 Å². The van der Waals surface area contributed by atoms with Crippen molar-refractivity contribution in [2.45, 2.75) is 32.4 Å². The molecule has 1 fully saturated rings. The number of rotatable bonds is 4. The third kappa shape index (κ3) is 3.47. The number of hydrogen-bond donors (Lipinski definition) is 2. The molecule has 3 unspecified atom stereocenters. The molecular formula is C11H23N3O. The molecule has 3 atom stereocenters. The minimum Gasteiger partial charge on any atom is -0.353 e. The molecule has 1 amide bonds. The normalized spacial score (nSPS) is 28.1.